The first-order valence-corrected chi connectivity index (χ1v) is 9.65. The monoisotopic (exact) mass is 372 g/mol. The summed E-state index contributed by atoms with van der Waals surface area (Å²) in [5.74, 6) is 3.93. The van der Waals surface area contributed by atoms with Crippen LogP contribution in [0, 0.1) is 17.8 Å². The minimum Gasteiger partial charge on any atom is -0.435 e. The summed E-state index contributed by atoms with van der Waals surface area (Å²) in [6.45, 7) is -2.81. The summed E-state index contributed by atoms with van der Waals surface area (Å²) in [4.78, 5) is 0. The summed E-state index contributed by atoms with van der Waals surface area (Å²) >= 11 is 0. The molecule has 0 spiro atoms. The summed E-state index contributed by atoms with van der Waals surface area (Å²) in [7, 11) is 0. The second kappa shape index (κ2) is 6.43. The topological polar surface area (TPSA) is 48.2 Å². The van der Waals surface area contributed by atoms with E-state index in [1.54, 1.807) is 18.2 Å². The van der Waals surface area contributed by atoms with Gasteiger partial charge in [0.25, 0.3) is 0 Å². The molecule has 2 aromatic rings. The first kappa shape index (κ1) is 16.9. The molecular weight excluding hydrogens is 350 g/mol. The van der Waals surface area contributed by atoms with E-state index in [2.05, 4.69) is 14.9 Å². The van der Waals surface area contributed by atoms with Crippen molar-refractivity contribution in [1.29, 1.82) is 0 Å². The van der Waals surface area contributed by atoms with Crippen molar-refractivity contribution >= 4 is 12.2 Å². The van der Waals surface area contributed by atoms with E-state index in [4.69, 9.17) is 4.42 Å². The smallest absolute Gasteiger partial charge is 0.387 e. The van der Waals surface area contributed by atoms with Crippen molar-refractivity contribution in [3.8, 4) is 5.75 Å². The number of hydrogen-bond donors (Lipinski definition) is 0. The number of benzene rings is 1. The van der Waals surface area contributed by atoms with E-state index in [0.717, 1.165) is 29.2 Å². The van der Waals surface area contributed by atoms with Gasteiger partial charge < -0.3 is 9.15 Å². The largest absolute Gasteiger partial charge is 0.435 e. The van der Waals surface area contributed by atoms with Crippen molar-refractivity contribution in [2.24, 2.45) is 17.8 Å². The van der Waals surface area contributed by atoms with Crippen molar-refractivity contribution in [3.63, 3.8) is 0 Å². The predicted octanol–water partition coefficient (Wildman–Crippen LogP) is 5.31. The van der Waals surface area contributed by atoms with E-state index < -0.39 is 6.61 Å². The number of rotatable bonds is 5. The van der Waals surface area contributed by atoms with Crippen LogP contribution in [-0.4, -0.2) is 16.8 Å². The molecule has 4 aliphatic rings. The minimum atomic E-state index is -2.81. The molecule has 0 unspecified atom stereocenters. The summed E-state index contributed by atoms with van der Waals surface area (Å²) < 4.78 is 34.8. The average molecular weight is 372 g/mol. The fourth-order valence-corrected chi connectivity index (χ4v) is 5.82. The van der Waals surface area contributed by atoms with Crippen molar-refractivity contribution < 1.29 is 17.9 Å². The molecule has 6 heteroatoms. The zero-order valence-electron chi connectivity index (χ0n) is 15.0. The van der Waals surface area contributed by atoms with Crippen LogP contribution in [0.4, 0.5) is 8.78 Å². The third kappa shape index (κ3) is 3.26. The highest BCUT2D eigenvalue weighted by atomic mass is 19.3. The van der Waals surface area contributed by atoms with Crippen molar-refractivity contribution in [1.82, 2.24) is 10.2 Å². The lowest BCUT2D eigenvalue weighted by atomic mass is 9.49. The first-order valence-electron chi connectivity index (χ1n) is 9.65. The van der Waals surface area contributed by atoms with Crippen LogP contribution in [-0.2, 0) is 5.41 Å². The molecule has 4 aliphatic carbocycles. The molecule has 1 heterocycles. The highest BCUT2D eigenvalue weighted by molar-refractivity contribution is 5.66. The van der Waals surface area contributed by atoms with Gasteiger partial charge >= 0.3 is 6.61 Å². The van der Waals surface area contributed by atoms with Gasteiger partial charge in [0.05, 0.1) is 0 Å². The molecule has 4 nitrogen and oxygen atoms in total. The minimum absolute atomic E-state index is 0.0993. The lowest BCUT2D eigenvalue weighted by Crippen LogP contribution is -2.48. The maximum absolute atomic E-state index is 12.2. The molecule has 1 aromatic heterocycles. The van der Waals surface area contributed by atoms with Crippen LogP contribution in [0.1, 0.15) is 55.9 Å². The summed E-state index contributed by atoms with van der Waals surface area (Å²) in [5, 5.41) is 8.61. The molecule has 6 rings (SSSR count). The van der Waals surface area contributed by atoms with Gasteiger partial charge in [-0.2, -0.15) is 8.78 Å². The van der Waals surface area contributed by atoms with Gasteiger partial charge in [-0.1, -0.05) is 12.1 Å². The summed E-state index contributed by atoms with van der Waals surface area (Å²) in [5.41, 5.74) is 0.952. The van der Waals surface area contributed by atoms with E-state index in [-0.39, 0.29) is 11.2 Å². The number of aromatic nitrogens is 2. The molecule has 0 saturated heterocycles. The quantitative estimate of drug-likeness (QED) is 0.714. The average Bonchev–Trinajstić information content (AvgIpc) is 3.09. The van der Waals surface area contributed by atoms with Crippen LogP contribution in [0.25, 0.3) is 12.2 Å². The fraction of sp³-hybridized carbons (Fsp3) is 0.524. The van der Waals surface area contributed by atoms with Crippen LogP contribution in [0.2, 0.25) is 0 Å². The zero-order chi connectivity index (χ0) is 18.4. The third-order valence-electron chi connectivity index (χ3n) is 6.46. The standard InChI is InChI=1S/C21H22F2N2O2/c22-20(23)26-17-4-1-13(2-5-17)3-6-18-24-25-19(27-18)21-10-14-7-15(11-21)9-16(8-14)12-21/h1-6,14-16,20H,7-12H2/b6-3+. The van der Waals surface area contributed by atoms with Gasteiger partial charge in [0.15, 0.2) is 0 Å². The third-order valence-corrected chi connectivity index (χ3v) is 6.46. The van der Waals surface area contributed by atoms with Crippen LogP contribution < -0.4 is 4.74 Å². The lowest BCUT2D eigenvalue weighted by Gasteiger charge is -2.55. The van der Waals surface area contributed by atoms with Crippen LogP contribution in [0.5, 0.6) is 5.75 Å². The molecule has 4 fully saturated rings. The maximum Gasteiger partial charge on any atom is 0.387 e. The molecule has 0 aliphatic heterocycles. The fourth-order valence-electron chi connectivity index (χ4n) is 5.82. The molecule has 0 amide bonds. The molecule has 4 bridgehead atoms. The van der Waals surface area contributed by atoms with Gasteiger partial charge in [-0.25, -0.2) is 0 Å². The van der Waals surface area contributed by atoms with E-state index in [1.165, 1.54) is 50.7 Å². The molecule has 0 radical (unpaired) electrons. The Bertz CT molecular complexity index is 809. The number of alkyl halides is 2. The molecular formula is C21H22F2N2O2. The van der Waals surface area contributed by atoms with Gasteiger partial charge in [0, 0.05) is 11.5 Å². The molecule has 0 atom stereocenters. The summed E-state index contributed by atoms with van der Waals surface area (Å²) in [6, 6.07) is 6.45. The number of halogens is 2. The highest BCUT2D eigenvalue weighted by Crippen LogP contribution is 2.60. The Hall–Kier alpha value is -2.24. The second-order valence-electron chi connectivity index (χ2n) is 8.42. The van der Waals surface area contributed by atoms with Gasteiger partial charge in [-0.15, -0.1) is 10.2 Å². The summed E-state index contributed by atoms with van der Waals surface area (Å²) in [6.07, 6.45) is 11.3. The predicted molar refractivity (Wildman–Crippen MR) is 96.2 cm³/mol. The van der Waals surface area contributed by atoms with Crippen molar-refractivity contribution in [3.05, 3.63) is 41.6 Å². The van der Waals surface area contributed by atoms with E-state index in [1.807, 2.05) is 6.08 Å². The molecule has 0 N–H and O–H groups in total. The second-order valence-corrected chi connectivity index (χ2v) is 8.42. The Morgan fingerprint density at radius 2 is 1.59 bits per heavy atom. The van der Waals surface area contributed by atoms with Crippen LogP contribution in [0.15, 0.2) is 28.7 Å². The lowest BCUT2D eigenvalue weighted by molar-refractivity contribution is -0.0498. The molecule has 1 aromatic carbocycles. The van der Waals surface area contributed by atoms with Crippen molar-refractivity contribution in [2.75, 3.05) is 0 Å². The van der Waals surface area contributed by atoms with Gasteiger partial charge in [0.1, 0.15) is 5.75 Å². The highest BCUT2D eigenvalue weighted by Gasteiger charge is 2.54. The molecule has 27 heavy (non-hydrogen) atoms. The number of hydrogen-bond acceptors (Lipinski definition) is 4. The Kier molecular flexibility index (Phi) is 4.02. The molecule has 142 valence electrons. The Morgan fingerprint density at radius 1 is 0.963 bits per heavy atom. The van der Waals surface area contributed by atoms with E-state index in [0.29, 0.717) is 5.89 Å². The maximum atomic E-state index is 12.2. The Labute approximate surface area is 156 Å². The normalized spacial score (nSPS) is 31.9. The first-order chi connectivity index (χ1) is 13.1. The Balaban J connectivity index is 1.30. The SMILES string of the molecule is FC(F)Oc1ccc(/C=C/c2nnc(C34CC5CC(CC(C5)C3)C4)o2)cc1. The zero-order valence-corrected chi connectivity index (χ0v) is 15.0. The van der Waals surface area contributed by atoms with Gasteiger partial charge in [-0.05, 0) is 80.1 Å². The van der Waals surface area contributed by atoms with Crippen molar-refractivity contribution in [2.45, 2.75) is 50.6 Å². The van der Waals surface area contributed by atoms with E-state index >= 15 is 0 Å². The Morgan fingerprint density at radius 3 is 2.19 bits per heavy atom. The number of nitrogens with zero attached hydrogens (tertiary/aromatic N) is 2. The van der Waals surface area contributed by atoms with Gasteiger partial charge in [0.2, 0.25) is 11.8 Å². The number of ether oxygens (including phenoxy) is 1. The van der Waals surface area contributed by atoms with Gasteiger partial charge in [-0.3, -0.25) is 0 Å². The van der Waals surface area contributed by atoms with E-state index in [9.17, 15) is 8.78 Å². The molecule has 4 saturated carbocycles. The van der Waals surface area contributed by atoms with Crippen LogP contribution >= 0.6 is 0 Å². The van der Waals surface area contributed by atoms with Crippen LogP contribution in [0.3, 0.4) is 0 Å².